The van der Waals surface area contributed by atoms with Gasteiger partial charge in [-0.25, -0.2) is 4.79 Å². The van der Waals surface area contributed by atoms with Gasteiger partial charge in [0.1, 0.15) is 10.9 Å². The number of aryl methyl sites for hydroxylation is 1. The lowest BCUT2D eigenvalue weighted by Gasteiger charge is -2.10. The van der Waals surface area contributed by atoms with Crippen molar-refractivity contribution in [1.82, 2.24) is 9.78 Å². The van der Waals surface area contributed by atoms with E-state index in [1.54, 1.807) is 22.9 Å². The Bertz CT molecular complexity index is 903. The first-order valence-corrected chi connectivity index (χ1v) is 9.13. The average molecular weight is 406 g/mol. The number of esters is 1. The number of nitrogens with one attached hydrogen (secondary N) is 1. The van der Waals surface area contributed by atoms with E-state index < -0.39 is 11.9 Å². The molecule has 0 atom stereocenters. The van der Waals surface area contributed by atoms with Crippen molar-refractivity contribution in [1.29, 1.82) is 0 Å². The second-order valence-electron chi connectivity index (χ2n) is 6.59. The van der Waals surface area contributed by atoms with Crippen LogP contribution in [0.1, 0.15) is 35.5 Å². The van der Waals surface area contributed by atoms with E-state index in [0.29, 0.717) is 34.6 Å². The summed E-state index contributed by atoms with van der Waals surface area (Å²) < 4.78 is 11.6. The number of halogens is 1. The maximum atomic E-state index is 12.4. The minimum Gasteiger partial charge on any atom is -0.497 e. The second kappa shape index (κ2) is 9.41. The molecule has 0 saturated heterocycles. The highest BCUT2D eigenvalue weighted by Crippen LogP contribution is 2.24. The van der Waals surface area contributed by atoms with Gasteiger partial charge in [-0.15, -0.1) is 0 Å². The van der Waals surface area contributed by atoms with E-state index in [4.69, 9.17) is 21.1 Å². The molecule has 0 aliphatic carbocycles. The van der Waals surface area contributed by atoms with Crippen LogP contribution in [0.25, 0.3) is 6.08 Å². The molecule has 8 heteroatoms. The predicted molar refractivity (Wildman–Crippen MR) is 109 cm³/mol. The van der Waals surface area contributed by atoms with Gasteiger partial charge in [0.15, 0.2) is 0 Å². The summed E-state index contributed by atoms with van der Waals surface area (Å²) in [6.45, 7) is 6.67. The summed E-state index contributed by atoms with van der Waals surface area (Å²) in [5.41, 5.74) is 1.93. The van der Waals surface area contributed by atoms with E-state index >= 15 is 0 Å². The summed E-state index contributed by atoms with van der Waals surface area (Å²) in [6.07, 6.45) is 2.96. The smallest absolute Gasteiger partial charge is 0.340 e. The van der Waals surface area contributed by atoms with Crippen molar-refractivity contribution in [2.75, 3.05) is 19.5 Å². The van der Waals surface area contributed by atoms with Gasteiger partial charge in [-0.1, -0.05) is 25.4 Å². The largest absolute Gasteiger partial charge is 0.497 e. The third kappa shape index (κ3) is 5.13. The molecule has 0 saturated carbocycles. The molecule has 1 heterocycles. The van der Waals surface area contributed by atoms with Gasteiger partial charge in [-0.3, -0.25) is 9.48 Å². The van der Waals surface area contributed by atoms with Crippen LogP contribution in [-0.2, 0) is 16.1 Å². The SMILES string of the molecule is COC(=O)c1cc(OC)ccc1NC(=O)C=Cc1c(C)nn(CC(C)C)c1Cl. The fraction of sp³-hybridized carbons (Fsp3) is 0.350. The maximum absolute atomic E-state index is 12.4. The molecule has 28 heavy (non-hydrogen) atoms. The van der Waals surface area contributed by atoms with Gasteiger partial charge < -0.3 is 14.8 Å². The fourth-order valence-corrected chi connectivity index (χ4v) is 2.90. The third-order valence-electron chi connectivity index (χ3n) is 3.94. The van der Waals surface area contributed by atoms with Crippen molar-refractivity contribution in [3.63, 3.8) is 0 Å². The monoisotopic (exact) mass is 405 g/mol. The van der Waals surface area contributed by atoms with Gasteiger partial charge in [0.05, 0.1) is 31.2 Å². The van der Waals surface area contributed by atoms with Gasteiger partial charge in [-0.2, -0.15) is 5.10 Å². The first-order chi connectivity index (χ1) is 13.3. The van der Waals surface area contributed by atoms with E-state index in [1.165, 1.54) is 26.4 Å². The third-order valence-corrected chi connectivity index (χ3v) is 4.34. The molecule has 1 N–H and O–H groups in total. The van der Waals surface area contributed by atoms with Crippen LogP contribution in [0, 0.1) is 12.8 Å². The van der Waals surface area contributed by atoms with Crippen LogP contribution in [0.2, 0.25) is 5.15 Å². The maximum Gasteiger partial charge on any atom is 0.340 e. The molecule has 1 amide bonds. The summed E-state index contributed by atoms with van der Waals surface area (Å²) in [5, 5.41) is 7.56. The molecule has 150 valence electrons. The van der Waals surface area contributed by atoms with Crippen LogP contribution in [0.4, 0.5) is 5.69 Å². The van der Waals surface area contributed by atoms with Crippen LogP contribution < -0.4 is 10.1 Å². The Morgan fingerprint density at radius 1 is 1.32 bits per heavy atom. The lowest BCUT2D eigenvalue weighted by atomic mass is 10.1. The molecule has 0 unspecified atom stereocenters. The average Bonchev–Trinajstić information content (AvgIpc) is 2.92. The molecule has 2 aromatic rings. The zero-order valence-electron chi connectivity index (χ0n) is 16.6. The highest BCUT2D eigenvalue weighted by Gasteiger charge is 2.15. The Balaban J connectivity index is 2.21. The van der Waals surface area contributed by atoms with E-state index in [9.17, 15) is 9.59 Å². The van der Waals surface area contributed by atoms with Gasteiger partial charge in [0, 0.05) is 18.2 Å². The number of carbonyl (C=O) groups excluding carboxylic acids is 2. The first kappa shape index (κ1) is 21.5. The summed E-state index contributed by atoms with van der Waals surface area (Å²) in [4.78, 5) is 24.3. The van der Waals surface area contributed by atoms with Crippen LogP contribution >= 0.6 is 11.6 Å². The topological polar surface area (TPSA) is 82.4 Å². The molecule has 0 fully saturated rings. The molecular weight excluding hydrogens is 382 g/mol. The van der Waals surface area contributed by atoms with Crippen molar-refractivity contribution in [2.45, 2.75) is 27.3 Å². The molecule has 0 spiro atoms. The van der Waals surface area contributed by atoms with E-state index in [0.717, 1.165) is 5.69 Å². The van der Waals surface area contributed by atoms with Gasteiger partial charge >= 0.3 is 5.97 Å². The number of rotatable bonds is 7. The van der Waals surface area contributed by atoms with Crippen LogP contribution in [0.15, 0.2) is 24.3 Å². The Hall–Kier alpha value is -2.80. The molecule has 0 radical (unpaired) electrons. The second-order valence-corrected chi connectivity index (χ2v) is 6.95. The number of aromatic nitrogens is 2. The number of methoxy groups -OCH3 is 2. The zero-order chi connectivity index (χ0) is 20.8. The van der Waals surface area contributed by atoms with E-state index in [1.807, 2.05) is 6.92 Å². The van der Waals surface area contributed by atoms with Crippen molar-refractivity contribution < 1.29 is 19.1 Å². The first-order valence-electron chi connectivity index (χ1n) is 8.75. The molecule has 0 aliphatic rings. The van der Waals surface area contributed by atoms with Crippen molar-refractivity contribution in [3.05, 3.63) is 46.2 Å². The summed E-state index contributed by atoms with van der Waals surface area (Å²) in [7, 11) is 2.76. The number of ether oxygens (including phenoxy) is 2. The molecule has 7 nitrogen and oxygen atoms in total. The minimum absolute atomic E-state index is 0.197. The number of carbonyl (C=O) groups is 2. The number of nitrogens with zero attached hydrogens (tertiary/aromatic N) is 2. The highest BCUT2D eigenvalue weighted by molar-refractivity contribution is 6.31. The molecule has 1 aromatic carbocycles. The molecule has 0 bridgehead atoms. The normalized spacial score (nSPS) is 11.1. The van der Waals surface area contributed by atoms with Crippen molar-refractivity contribution >= 4 is 35.2 Å². The number of hydrogen-bond donors (Lipinski definition) is 1. The van der Waals surface area contributed by atoms with Crippen LogP contribution in [0.3, 0.4) is 0 Å². The Morgan fingerprint density at radius 2 is 2.04 bits per heavy atom. The Kier molecular flexibility index (Phi) is 7.23. The van der Waals surface area contributed by atoms with E-state index in [2.05, 4.69) is 24.3 Å². The molecule has 2 rings (SSSR count). The standard InChI is InChI=1S/C20H24ClN3O4/c1-12(2)11-24-19(21)15(13(3)23-24)7-9-18(25)22-17-8-6-14(27-4)10-16(17)20(26)28-5/h6-10,12H,11H2,1-5H3,(H,22,25). The zero-order valence-corrected chi connectivity index (χ0v) is 17.3. The number of amides is 1. The summed E-state index contributed by atoms with van der Waals surface area (Å²) in [5.74, 6) is -0.118. The highest BCUT2D eigenvalue weighted by atomic mass is 35.5. The van der Waals surface area contributed by atoms with Gasteiger partial charge in [-0.05, 0) is 37.1 Å². The van der Waals surface area contributed by atoms with E-state index in [-0.39, 0.29) is 5.56 Å². The van der Waals surface area contributed by atoms with Crippen molar-refractivity contribution in [3.8, 4) is 5.75 Å². The fourth-order valence-electron chi connectivity index (χ4n) is 2.59. The Morgan fingerprint density at radius 3 is 2.64 bits per heavy atom. The van der Waals surface area contributed by atoms with Crippen LogP contribution in [-0.4, -0.2) is 35.9 Å². The number of hydrogen-bond acceptors (Lipinski definition) is 5. The summed E-state index contributed by atoms with van der Waals surface area (Å²) in [6, 6.07) is 4.72. The predicted octanol–water partition coefficient (Wildman–Crippen LogP) is 3.95. The lowest BCUT2D eigenvalue weighted by Crippen LogP contribution is -2.13. The number of anilines is 1. The molecule has 0 aliphatic heterocycles. The Labute approximate surface area is 169 Å². The molecule has 1 aromatic heterocycles. The van der Waals surface area contributed by atoms with Gasteiger partial charge in [0.2, 0.25) is 5.91 Å². The minimum atomic E-state index is -0.577. The number of benzene rings is 1. The molecular formula is C20H24ClN3O4. The van der Waals surface area contributed by atoms with Gasteiger partial charge in [0.25, 0.3) is 0 Å². The quantitative estimate of drug-likeness (QED) is 0.557. The van der Waals surface area contributed by atoms with Crippen molar-refractivity contribution in [2.24, 2.45) is 5.92 Å². The van der Waals surface area contributed by atoms with Crippen LogP contribution in [0.5, 0.6) is 5.75 Å². The lowest BCUT2D eigenvalue weighted by molar-refractivity contribution is -0.111. The summed E-state index contributed by atoms with van der Waals surface area (Å²) >= 11 is 6.38.